The van der Waals surface area contributed by atoms with Crippen molar-refractivity contribution >= 4 is 29.0 Å². The lowest BCUT2D eigenvalue weighted by Gasteiger charge is -2.29. The van der Waals surface area contributed by atoms with Crippen molar-refractivity contribution in [3.8, 4) is 0 Å². The standard InChI is InChI=1S/C25H28ClNO3/c1-14(2)22(28)20-21(16-10-12-17(13-11-16)25(4,5)6)27(24(30)23(20)29)19-9-7-8-18(26)15(19)3/h7-14,21,29H,1-6H3. The molecule has 1 N–H and O–H groups in total. The Morgan fingerprint density at radius 2 is 1.70 bits per heavy atom. The first kappa shape index (κ1) is 22.1. The van der Waals surface area contributed by atoms with Gasteiger partial charge in [0.2, 0.25) is 0 Å². The summed E-state index contributed by atoms with van der Waals surface area (Å²) >= 11 is 6.31. The van der Waals surface area contributed by atoms with E-state index >= 15 is 0 Å². The van der Waals surface area contributed by atoms with Crippen LogP contribution in [0.25, 0.3) is 0 Å². The Balaban J connectivity index is 2.21. The van der Waals surface area contributed by atoms with Crippen molar-refractivity contribution in [2.45, 2.75) is 53.0 Å². The predicted molar refractivity (Wildman–Crippen MR) is 121 cm³/mol. The fraction of sp³-hybridized carbons (Fsp3) is 0.360. The number of carbonyl (C=O) groups excluding carboxylic acids is 2. The van der Waals surface area contributed by atoms with Gasteiger partial charge < -0.3 is 5.11 Å². The maximum absolute atomic E-state index is 13.1. The molecular formula is C25H28ClNO3. The van der Waals surface area contributed by atoms with Gasteiger partial charge in [-0.25, -0.2) is 0 Å². The summed E-state index contributed by atoms with van der Waals surface area (Å²) in [5.41, 5.74) is 3.32. The third kappa shape index (κ3) is 3.77. The number of amides is 1. The topological polar surface area (TPSA) is 57.6 Å². The molecule has 2 aromatic carbocycles. The van der Waals surface area contributed by atoms with Gasteiger partial charge in [-0.3, -0.25) is 14.5 Å². The van der Waals surface area contributed by atoms with E-state index in [1.54, 1.807) is 32.0 Å². The van der Waals surface area contributed by atoms with Crippen molar-refractivity contribution in [2.24, 2.45) is 5.92 Å². The molecule has 1 atom stereocenters. The quantitative estimate of drug-likeness (QED) is 0.646. The number of anilines is 1. The molecule has 3 rings (SSSR count). The maximum atomic E-state index is 13.1. The molecule has 0 spiro atoms. The van der Waals surface area contributed by atoms with Crippen LogP contribution in [0.5, 0.6) is 0 Å². The van der Waals surface area contributed by atoms with Crippen molar-refractivity contribution in [3.63, 3.8) is 0 Å². The molecule has 1 aliphatic rings. The number of hydrogen-bond donors (Lipinski definition) is 1. The van der Waals surface area contributed by atoms with E-state index in [-0.39, 0.29) is 22.7 Å². The van der Waals surface area contributed by atoms with E-state index in [1.807, 2.05) is 31.2 Å². The second-order valence-corrected chi connectivity index (χ2v) is 9.52. The molecule has 5 heteroatoms. The molecule has 1 aliphatic heterocycles. The number of aliphatic hydroxyl groups excluding tert-OH is 1. The Morgan fingerprint density at radius 3 is 2.23 bits per heavy atom. The molecule has 30 heavy (non-hydrogen) atoms. The van der Waals surface area contributed by atoms with Gasteiger partial charge >= 0.3 is 0 Å². The minimum absolute atomic E-state index is 0.0260. The number of rotatable bonds is 4. The van der Waals surface area contributed by atoms with E-state index in [9.17, 15) is 14.7 Å². The minimum atomic E-state index is -0.710. The van der Waals surface area contributed by atoms with E-state index in [4.69, 9.17) is 11.6 Å². The van der Waals surface area contributed by atoms with Crippen molar-refractivity contribution in [3.05, 3.63) is 75.5 Å². The van der Waals surface area contributed by atoms with Gasteiger partial charge in [-0.1, -0.05) is 76.6 Å². The zero-order valence-electron chi connectivity index (χ0n) is 18.3. The molecular weight excluding hydrogens is 398 g/mol. The predicted octanol–water partition coefficient (Wildman–Crippen LogP) is 6.07. The molecule has 0 radical (unpaired) electrons. The lowest BCUT2D eigenvalue weighted by molar-refractivity contribution is -0.119. The van der Waals surface area contributed by atoms with Crippen LogP contribution in [0.3, 0.4) is 0 Å². The normalized spacial score (nSPS) is 17.3. The number of ketones is 1. The van der Waals surface area contributed by atoms with Crippen LogP contribution in [-0.2, 0) is 15.0 Å². The van der Waals surface area contributed by atoms with E-state index in [2.05, 4.69) is 20.8 Å². The Hall–Kier alpha value is -2.59. The van der Waals surface area contributed by atoms with Crippen LogP contribution >= 0.6 is 11.6 Å². The van der Waals surface area contributed by atoms with Crippen LogP contribution in [0.2, 0.25) is 5.02 Å². The zero-order valence-corrected chi connectivity index (χ0v) is 19.0. The zero-order chi connectivity index (χ0) is 22.4. The molecule has 2 aromatic rings. The molecule has 1 unspecified atom stereocenters. The second kappa shape index (κ2) is 7.92. The van der Waals surface area contributed by atoms with Crippen LogP contribution in [0, 0.1) is 12.8 Å². The third-order valence-electron chi connectivity index (χ3n) is 5.59. The van der Waals surface area contributed by atoms with Gasteiger partial charge in [-0.05, 0) is 41.2 Å². The van der Waals surface area contributed by atoms with Gasteiger partial charge in [0.15, 0.2) is 11.5 Å². The number of nitrogens with zero attached hydrogens (tertiary/aromatic N) is 1. The van der Waals surface area contributed by atoms with Crippen LogP contribution < -0.4 is 4.90 Å². The first-order valence-electron chi connectivity index (χ1n) is 10.1. The highest BCUT2D eigenvalue weighted by Crippen LogP contribution is 2.44. The van der Waals surface area contributed by atoms with Crippen LogP contribution in [0.15, 0.2) is 53.8 Å². The van der Waals surface area contributed by atoms with Crippen molar-refractivity contribution in [1.82, 2.24) is 0 Å². The molecule has 0 aliphatic carbocycles. The van der Waals surface area contributed by atoms with Gasteiger partial charge in [0, 0.05) is 16.6 Å². The first-order valence-corrected chi connectivity index (χ1v) is 10.5. The van der Waals surface area contributed by atoms with E-state index in [0.717, 1.165) is 16.7 Å². The fourth-order valence-corrected chi connectivity index (χ4v) is 3.92. The number of halogens is 1. The van der Waals surface area contributed by atoms with Crippen molar-refractivity contribution in [1.29, 1.82) is 0 Å². The number of aliphatic hydroxyl groups is 1. The number of Topliss-reactive ketones (excluding diaryl/α,β-unsaturated/α-hetero) is 1. The highest BCUT2D eigenvalue weighted by atomic mass is 35.5. The summed E-state index contributed by atoms with van der Waals surface area (Å²) in [6, 6.07) is 12.5. The number of benzene rings is 2. The lowest BCUT2D eigenvalue weighted by Crippen LogP contribution is -2.32. The average Bonchev–Trinajstić information content (AvgIpc) is 2.94. The third-order valence-corrected chi connectivity index (χ3v) is 6.00. The summed E-state index contributed by atoms with van der Waals surface area (Å²) in [4.78, 5) is 27.6. The largest absolute Gasteiger partial charge is 0.503 e. The highest BCUT2D eigenvalue weighted by Gasteiger charge is 2.45. The van der Waals surface area contributed by atoms with Gasteiger partial charge in [0.25, 0.3) is 5.91 Å². The smallest absolute Gasteiger partial charge is 0.294 e. The molecule has 1 amide bonds. The molecule has 158 valence electrons. The van der Waals surface area contributed by atoms with Crippen LogP contribution in [0.1, 0.15) is 57.4 Å². The molecule has 4 nitrogen and oxygen atoms in total. The monoisotopic (exact) mass is 425 g/mol. The lowest BCUT2D eigenvalue weighted by atomic mass is 9.85. The fourth-order valence-electron chi connectivity index (χ4n) is 3.75. The Bertz CT molecular complexity index is 1030. The van der Waals surface area contributed by atoms with Gasteiger partial charge in [-0.15, -0.1) is 0 Å². The van der Waals surface area contributed by atoms with Gasteiger partial charge in [-0.2, -0.15) is 0 Å². The summed E-state index contributed by atoms with van der Waals surface area (Å²) in [5, 5.41) is 11.2. The molecule has 0 saturated heterocycles. The number of carbonyl (C=O) groups is 2. The molecule has 1 heterocycles. The highest BCUT2D eigenvalue weighted by molar-refractivity contribution is 6.32. The molecule has 0 fully saturated rings. The Labute approximate surface area is 183 Å². The Kier molecular flexibility index (Phi) is 5.83. The first-order chi connectivity index (χ1) is 13.9. The van der Waals surface area contributed by atoms with Crippen molar-refractivity contribution in [2.75, 3.05) is 4.90 Å². The summed E-state index contributed by atoms with van der Waals surface area (Å²) < 4.78 is 0. The van der Waals surface area contributed by atoms with E-state index in [0.29, 0.717) is 10.7 Å². The maximum Gasteiger partial charge on any atom is 0.294 e. The van der Waals surface area contributed by atoms with Crippen molar-refractivity contribution < 1.29 is 14.7 Å². The summed E-state index contributed by atoms with van der Waals surface area (Å²) in [6.45, 7) is 11.7. The van der Waals surface area contributed by atoms with Crippen LogP contribution in [0.4, 0.5) is 5.69 Å². The summed E-state index contributed by atoms with van der Waals surface area (Å²) in [5.74, 6) is -1.67. The molecule has 0 aromatic heterocycles. The van der Waals surface area contributed by atoms with Crippen LogP contribution in [-0.4, -0.2) is 16.8 Å². The SMILES string of the molecule is Cc1c(Cl)cccc1N1C(=O)C(O)=C(C(=O)C(C)C)C1c1ccc(C(C)(C)C)cc1. The van der Waals surface area contributed by atoms with E-state index in [1.165, 1.54) is 4.90 Å². The Morgan fingerprint density at radius 1 is 1.10 bits per heavy atom. The molecule has 0 bridgehead atoms. The average molecular weight is 426 g/mol. The second-order valence-electron chi connectivity index (χ2n) is 9.11. The molecule has 0 saturated carbocycles. The number of hydrogen-bond acceptors (Lipinski definition) is 3. The minimum Gasteiger partial charge on any atom is -0.503 e. The summed E-state index contributed by atoms with van der Waals surface area (Å²) in [7, 11) is 0. The summed E-state index contributed by atoms with van der Waals surface area (Å²) in [6.07, 6.45) is 0. The van der Waals surface area contributed by atoms with Gasteiger partial charge in [0.05, 0.1) is 11.6 Å². The van der Waals surface area contributed by atoms with Gasteiger partial charge in [0.1, 0.15) is 0 Å². The van der Waals surface area contributed by atoms with E-state index < -0.39 is 17.7 Å².